The SMILES string of the molecule is Nc1ncc(CC2=CCCC2)s1. The third-order valence-electron chi connectivity index (χ3n) is 2.11. The van der Waals surface area contributed by atoms with E-state index in [4.69, 9.17) is 5.73 Å². The van der Waals surface area contributed by atoms with Crippen molar-refractivity contribution in [3.05, 3.63) is 22.7 Å². The number of rotatable bonds is 2. The van der Waals surface area contributed by atoms with Crippen LogP contribution < -0.4 is 5.73 Å². The van der Waals surface area contributed by atoms with E-state index in [1.54, 1.807) is 16.9 Å². The second-order valence-electron chi connectivity index (χ2n) is 3.10. The number of nitrogens with zero attached hydrogens (tertiary/aromatic N) is 1. The number of nitrogens with two attached hydrogens (primary N) is 1. The molecule has 0 unspecified atom stereocenters. The Labute approximate surface area is 76.1 Å². The van der Waals surface area contributed by atoms with Gasteiger partial charge in [0.1, 0.15) is 0 Å². The molecule has 1 heterocycles. The predicted octanol–water partition coefficient (Wildman–Crippen LogP) is 2.38. The van der Waals surface area contributed by atoms with Gasteiger partial charge in [0.05, 0.1) is 0 Å². The summed E-state index contributed by atoms with van der Waals surface area (Å²) in [7, 11) is 0. The van der Waals surface area contributed by atoms with Gasteiger partial charge in [-0.3, -0.25) is 0 Å². The first-order chi connectivity index (χ1) is 5.84. The van der Waals surface area contributed by atoms with Crippen molar-refractivity contribution in [1.82, 2.24) is 4.98 Å². The summed E-state index contributed by atoms with van der Waals surface area (Å²) in [6.07, 6.45) is 9.13. The molecule has 12 heavy (non-hydrogen) atoms. The minimum atomic E-state index is 0.684. The number of nitrogen functional groups attached to an aromatic ring is 1. The molecule has 2 rings (SSSR count). The highest BCUT2D eigenvalue weighted by Crippen LogP contribution is 2.24. The van der Waals surface area contributed by atoms with Crippen LogP contribution in [-0.2, 0) is 6.42 Å². The topological polar surface area (TPSA) is 38.9 Å². The van der Waals surface area contributed by atoms with E-state index in [0.717, 1.165) is 6.42 Å². The molecule has 64 valence electrons. The largest absolute Gasteiger partial charge is 0.375 e. The van der Waals surface area contributed by atoms with Gasteiger partial charge in [0.15, 0.2) is 5.13 Å². The van der Waals surface area contributed by atoms with Crippen LogP contribution in [0, 0.1) is 0 Å². The van der Waals surface area contributed by atoms with Gasteiger partial charge in [-0.25, -0.2) is 4.98 Å². The van der Waals surface area contributed by atoms with Gasteiger partial charge in [0, 0.05) is 17.5 Å². The van der Waals surface area contributed by atoms with Gasteiger partial charge >= 0.3 is 0 Å². The zero-order chi connectivity index (χ0) is 8.39. The van der Waals surface area contributed by atoms with Crippen molar-refractivity contribution in [1.29, 1.82) is 0 Å². The van der Waals surface area contributed by atoms with Gasteiger partial charge in [0.2, 0.25) is 0 Å². The summed E-state index contributed by atoms with van der Waals surface area (Å²) in [5.41, 5.74) is 7.10. The van der Waals surface area contributed by atoms with Crippen LogP contribution >= 0.6 is 11.3 Å². The zero-order valence-electron chi connectivity index (χ0n) is 6.92. The molecule has 2 nitrogen and oxygen atoms in total. The summed E-state index contributed by atoms with van der Waals surface area (Å²) in [4.78, 5) is 5.32. The fourth-order valence-electron chi connectivity index (χ4n) is 1.53. The fraction of sp³-hybridized carbons (Fsp3) is 0.444. The van der Waals surface area contributed by atoms with Crippen LogP contribution in [-0.4, -0.2) is 4.98 Å². The van der Waals surface area contributed by atoms with Gasteiger partial charge in [-0.1, -0.05) is 11.6 Å². The van der Waals surface area contributed by atoms with Crippen molar-refractivity contribution in [2.24, 2.45) is 0 Å². The van der Waals surface area contributed by atoms with Gasteiger partial charge in [-0.05, 0) is 19.3 Å². The number of thiazole rings is 1. The minimum Gasteiger partial charge on any atom is -0.375 e. The van der Waals surface area contributed by atoms with Crippen molar-refractivity contribution in [3.8, 4) is 0 Å². The summed E-state index contributed by atoms with van der Waals surface area (Å²) in [5, 5.41) is 0.684. The molecule has 0 saturated carbocycles. The number of anilines is 1. The molecule has 0 radical (unpaired) electrons. The van der Waals surface area contributed by atoms with E-state index in [2.05, 4.69) is 11.1 Å². The Bertz CT molecular complexity index is 301. The van der Waals surface area contributed by atoms with Crippen LogP contribution in [0.4, 0.5) is 5.13 Å². The Hall–Kier alpha value is -0.830. The van der Waals surface area contributed by atoms with Crippen molar-refractivity contribution in [2.45, 2.75) is 25.7 Å². The van der Waals surface area contributed by atoms with Crippen LogP contribution in [0.15, 0.2) is 17.8 Å². The Morgan fingerprint density at radius 3 is 3.08 bits per heavy atom. The average Bonchev–Trinajstić information content (AvgIpc) is 2.63. The molecule has 0 fully saturated rings. The van der Waals surface area contributed by atoms with Gasteiger partial charge in [-0.15, -0.1) is 11.3 Å². The van der Waals surface area contributed by atoms with Crippen molar-refractivity contribution < 1.29 is 0 Å². The molecule has 0 atom stereocenters. The zero-order valence-corrected chi connectivity index (χ0v) is 7.73. The molecule has 0 amide bonds. The molecule has 0 aliphatic heterocycles. The highest BCUT2D eigenvalue weighted by molar-refractivity contribution is 7.15. The quantitative estimate of drug-likeness (QED) is 0.710. The van der Waals surface area contributed by atoms with E-state index in [0.29, 0.717) is 5.13 Å². The summed E-state index contributed by atoms with van der Waals surface area (Å²) in [5.74, 6) is 0. The molecule has 0 bridgehead atoms. The van der Waals surface area contributed by atoms with E-state index >= 15 is 0 Å². The number of hydrogen-bond donors (Lipinski definition) is 1. The van der Waals surface area contributed by atoms with E-state index in [9.17, 15) is 0 Å². The molecule has 1 aliphatic rings. The second kappa shape index (κ2) is 3.27. The summed E-state index contributed by atoms with van der Waals surface area (Å²) in [6, 6.07) is 0. The lowest BCUT2D eigenvalue weighted by Crippen LogP contribution is -1.82. The Balaban J connectivity index is 2.03. The Morgan fingerprint density at radius 1 is 1.58 bits per heavy atom. The van der Waals surface area contributed by atoms with Crippen LogP contribution in [0.2, 0.25) is 0 Å². The highest BCUT2D eigenvalue weighted by atomic mass is 32.1. The lowest BCUT2D eigenvalue weighted by molar-refractivity contribution is 0.890. The predicted molar refractivity (Wildman–Crippen MR) is 52.2 cm³/mol. The Morgan fingerprint density at radius 2 is 2.50 bits per heavy atom. The summed E-state index contributed by atoms with van der Waals surface area (Å²) < 4.78 is 0. The van der Waals surface area contributed by atoms with Crippen LogP contribution in [0.25, 0.3) is 0 Å². The lowest BCUT2D eigenvalue weighted by Gasteiger charge is -1.95. The molecule has 1 aromatic rings. The Kier molecular flexibility index (Phi) is 2.13. The maximum Gasteiger partial charge on any atom is 0.180 e. The number of allylic oxidation sites excluding steroid dienone is 2. The van der Waals surface area contributed by atoms with E-state index in [1.807, 2.05) is 6.20 Å². The van der Waals surface area contributed by atoms with Gasteiger partial charge in [0.25, 0.3) is 0 Å². The molecule has 0 spiro atoms. The molecule has 1 aromatic heterocycles. The lowest BCUT2D eigenvalue weighted by atomic mass is 10.1. The maximum absolute atomic E-state index is 5.54. The first-order valence-electron chi connectivity index (χ1n) is 4.22. The molecule has 0 aromatic carbocycles. The van der Waals surface area contributed by atoms with Crippen LogP contribution in [0.1, 0.15) is 24.1 Å². The minimum absolute atomic E-state index is 0.684. The first kappa shape index (κ1) is 7.80. The maximum atomic E-state index is 5.54. The molecule has 0 saturated heterocycles. The van der Waals surface area contributed by atoms with Gasteiger partial charge in [-0.2, -0.15) is 0 Å². The third-order valence-corrected chi connectivity index (χ3v) is 2.93. The standard InChI is InChI=1S/C9H12N2S/c10-9-11-6-8(12-9)5-7-3-1-2-4-7/h3,6H,1-2,4-5H2,(H2,10,11). The summed E-state index contributed by atoms with van der Waals surface area (Å²) >= 11 is 1.60. The molecular formula is C9H12N2S. The van der Waals surface area contributed by atoms with Crippen LogP contribution in [0.3, 0.4) is 0 Å². The monoisotopic (exact) mass is 180 g/mol. The van der Waals surface area contributed by atoms with E-state index in [-0.39, 0.29) is 0 Å². The molecule has 3 heteroatoms. The van der Waals surface area contributed by atoms with Crippen molar-refractivity contribution in [3.63, 3.8) is 0 Å². The van der Waals surface area contributed by atoms with Crippen molar-refractivity contribution >= 4 is 16.5 Å². The highest BCUT2D eigenvalue weighted by Gasteiger charge is 2.06. The smallest absolute Gasteiger partial charge is 0.180 e. The first-order valence-corrected chi connectivity index (χ1v) is 5.04. The van der Waals surface area contributed by atoms with Gasteiger partial charge < -0.3 is 5.73 Å². The third kappa shape index (κ3) is 1.67. The molecule has 2 N–H and O–H groups in total. The number of aromatic nitrogens is 1. The molecular weight excluding hydrogens is 168 g/mol. The molecule has 1 aliphatic carbocycles. The average molecular weight is 180 g/mol. The van der Waals surface area contributed by atoms with E-state index in [1.165, 1.54) is 24.1 Å². The second-order valence-corrected chi connectivity index (χ2v) is 4.24. The van der Waals surface area contributed by atoms with Crippen molar-refractivity contribution in [2.75, 3.05) is 5.73 Å². The normalized spacial score (nSPS) is 16.5. The fourth-order valence-corrected chi connectivity index (χ4v) is 2.26. The van der Waals surface area contributed by atoms with Crippen LogP contribution in [0.5, 0.6) is 0 Å². The van der Waals surface area contributed by atoms with E-state index < -0.39 is 0 Å². The summed E-state index contributed by atoms with van der Waals surface area (Å²) in [6.45, 7) is 0. The number of hydrogen-bond acceptors (Lipinski definition) is 3.